The molecule has 2 aromatic rings. The quantitative estimate of drug-likeness (QED) is 0.239. The summed E-state index contributed by atoms with van der Waals surface area (Å²) in [6.07, 6.45) is 5.47. The van der Waals surface area contributed by atoms with Gasteiger partial charge in [-0.25, -0.2) is 0 Å². The number of fused-ring (bicyclic) bond motifs is 1. The van der Waals surface area contributed by atoms with E-state index in [-0.39, 0.29) is 24.4 Å². The van der Waals surface area contributed by atoms with Crippen LogP contribution in [0.2, 0.25) is 5.02 Å². The van der Waals surface area contributed by atoms with Gasteiger partial charge < -0.3 is 35.9 Å². The third-order valence-corrected chi connectivity index (χ3v) is 9.17. The zero-order valence-corrected chi connectivity index (χ0v) is 25.0. The minimum Gasteiger partial charge on any atom is -0.462 e. The number of nitrogen functional groups attached to an aromatic ring is 1. The van der Waals surface area contributed by atoms with Gasteiger partial charge in [0.2, 0.25) is 5.91 Å². The van der Waals surface area contributed by atoms with Gasteiger partial charge >= 0.3 is 6.01 Å². The summed E-state index contributed by atoms with van der Waals surface area (Å²) in [6, 6.07) is 4.14. The van der Waals surface area contributed by atoms with E-state index >= 15 is 0 Å². The van der Waals surface area contributed by atoms with E-state index in [1.165, 1.54) is 12.3 Å². The first-order valence-electron chi connectivity index (χ1n) is 14.4. The number of piperazine rings is 1. The topological polar surface area (TPSA) is 147 Å². The van der Waals surface area contributed by atoms with Crippen LogP contribution >= 0.6 is 11.6 Å². The third-order valence-electron chi connectivity index (χ3n) is 8.66. The van der Waals surface area contributed by atoms with E-state index < -0.39 is 0 Å². The number of hydrogen-bond acceptors (Lipinski definition) is 10. The fourth-order valence-corrected chi connectivity index (χ4v) is 6.61. The molecule has 42 heavy (non-hydrogen) atoms. The van der Waals surface area contributed by atoms with Crippen LogP contribution in [0.1, 0.15) is 53.3 Å². The van der Waals surface area contributed by atoms with Crippen LogP contribution < -0.4 is 20.7 Å². The Balaban J connectivity index is 1.50. The lowest BCUT2D eigenvalue weighted by Gasteiger charge is -2.42. The van der Waals surface area contributed by atoms with E-state index in [9.17, 15) is 10.1 Å². The Labute approximate surface area is 251 Å². The normalized spacial score (nSPS) is 22.4. The Morgan fingerprint density at radius 1 is 1.36 bits per heavy atom. The molecule has 4 heterocycles. The molecule has 3 aliphatic heterocycles. The molecular weight excluding hydrogens is 554 g/mol. The van der Waals surface area contributed by atoms with E-state index in [2.05, 4.69) is 34.8 Å². The van der Waals surface area contributed by atoms with E-state index in [1.807, 2.05) is 6.92 Å². The number of likely N-dealkylation sites (tertiary alicyclic amines) is 1. The average molecular weight is 592 g/mol. The van der Waals surface area contributed by atoms with Gasteiger partial charge in [0.05, 0.1) is 24.2 Å². The number of carbonyl (C=O) groups is 1. The molecule has 0 saturated carbocycles. The van der Waals surface area contributed by atoms with Crippen molar-refractivity contribution in [2.45, 2.75) is 57.3 Å². The van der Waals surface area contributed by atoms with Crippen molar-refractivity contribution in [1.29, 1.82) is 10.7 Å². The Hall–Kier alpha value is -3.72. The van der Waals surface area contributed by atoms with Gasteiger partial charge in [0, 0.05) is 72.7 Å². The number of halogens is 1. The number of carbonyl (C=O) groups excluding carboxylic acids is 1. The number of likely N-dealkylation sites (N-methyl/N-ethyl adjacent to an activating group) is 1. The van der Waals surface area contributed by atoms with Gasteiger partial charge in [0.25, 0.3) is 0 Å². The van der Waals surface area contributed by atoms with Gasteiger partial charge in [-0.15, -0.1) is 0 Å². The minimum atomic E-state index is -0.287. The van der Waals surface area contributed by atoms with Crippen molar-refractivity contribution in [2.75, 3.05) is 50.5 Å². The molecule has 0 aliphatic carbocycles. The number of amides is 1. The summed E-state index contributed by atoms with van der Waals surface area (Å²) in [5, 5.41) is 21.7. The van der Waals surface area contributed by atoms with Gasteiger partial charge in [0.15, 0.2) is 0 Å². The first-order chi connectivity index (χ1) is 20.2. The van der Waals surface area contributed by atoms with Crippen molar-refractivity contribution < 1.29 is 9.53 Å². The number of nitrogens with two attached hydrogens (primary N) is 1. The predicted molar refractivity (Wildman–Crippen MR) is 163 cm³/mol. The monoisotopic (exact) mass is 591 g/mol. The Kier molecular flexibility index (Phi) is 8.96. The number of rotatable bonds is 8. The maximum absolute atomic E-state index is 12.5. The fraction of sp³-hybridized carbons (Fsp3) is 0.500. The first-order valence-corrected chi connectivity index (χ1v) is 14.7. The maximum Gasteiger partial charge on any atom is 0.318 e. The summed E-state index contributed by atoms with van der Waals surface area (Å²) in [5.74, 6) is 0.571. The van der Waals surface area contributed by atoms with E-state index in [1.54, 1.807) is 11.0 Å². The second-order valence-corrected chi connectivity index (χ2v) is 11.6. The molecule has 1 amide bonds. The molecule has 0 unspecified atom stereocenters. The Bertz CT molecular complexity index is 1420. The SMILES string of the molecule is C=CC(=O)N1CCN(c2nc(OC[C@@H]3CCCN3C)nc3c2CN[C@H](c2c(Cl)c(C)cc(N)c2C=N)C3)C[C@@H]1CC#N. The molecule has 3 atom stereocenters. The number of nitrogens with zero attached hydrogens (tertiary/aromatic N) is 6. The van der Waals surface area contributed by atoms with Gasteiger partial charge in [-0.2, -0.15) is 15.2 Å². The highest BCUT2D eigenvalue weighted by Crippen LogP contribution is 2.38. The number of anilines is 2. The average Bonchev–Trinajstić information content (AvgIpc) is 3.41. The van der Waals surface area contributed by atoms with Gasteiger partial charge in [-0.05, 0) is 56.6 Å². The molecule has 0 spiro atoms. The van der Waals surface area contributed by atoms with Crippen LogP contribution in [-0.4, -0.2) is 83.8 Å². The Morgan fingerprint density at radius 3 is 2.86 bits per heavy atom. The summed E-state index contributed by atoms with van der Waals surface area (Å²) in [7, 11) is 2.11. The van der Waals surface area contributed by atoms with Gasteiger partial charge in [0.1, 0.15) is 12.4 Å². The standard InChI is InChI=1S/C30H38ClN9O2/c1-4-26(41)40-11-10-39(16-19(40)7-8-32)29-22-15-35-25(27-21(14-33)23(34)12-18(2)28(27)31)13-24(22)36-30(37-29)42-17-20-6-5-9-38(20)3/h4,12,14,19-20,25,33,35H,1,5-7,9-11,13,15-17,34H2,2-3H3/t19-,20-,25-/m0/s1. The maximum atomic E-state index is 12.5. The second kappa shape index (κ2) is 12.7. The molecular formula is C30H38ClN9O2. The lowest BCUT2D eigenvalue weighted by molar-refractivity contribution is -0.128. The van der Waals surface area contributed by atoms with E-state index in [0.29, 0.717) is 67.5 Å². The Morgan fingerprint density at radius 2 is 2.17 bits per heavy atom. The first kappa shape index (κ1) is 29.8. The largest absolute Gasteiger partial charge is 0.462 e. The van der Waals surface area contributed by atoms with E-state index in [4.69, 9.17) is 37.4 Å². The van der Waals surface area contributed by atoms with Gasteiger partial charge in [-0.1, -0.05) is 18.2 Å². The van der Waals surface area contributed by atoms with Crippen molar-refractivity contribution in [2.24, 2.45) is 0 Å². The van der Waals surface area contributed by atoms with Crippen LogP contribution in [-0.2, 0) is 17.8 Å². The zero-order valence-electron chi connectivity index (χ0n) is 24.2. The second-order valence-electron chi connectivity index (χ2n) is 11.2. The molecule has 12 heteroatoms. The molecule has 0 radical (unpaired) electrons. The number of nitrogens with one attached hydrogen (secondary N) is 2. The predicted octanol–water partition coefficient (Wildman–Crippen LogP) is 3.00. The summed E-state index contributed by atoms with van der Waals surface area (Å²) < 4.78 is 6.23. The lowest BCUT2D eigenvalue weighted by Crippen LogP contribution is -2.55. The summed E-state index contributed by atoms with van der Waals surface area (Å²) in [4.78, 5) is 28.4. The van der Waals surface area contributed by atoms with Gasteiger partial charge in [-0.3, -0.25) is 4.79 Å². The number of nitriles is 1. The zero-order chi connectivity index (χ0) is 30.0. The van der Waals surface area contributed by atoms with Crippen molar-refractivity contribution in [3.8, 4) is 12.1 Å². The molecule has 5 rings (SSSR count). The van der Waals surface area contributed by atoms with Crippen molar-refractivity contribution in [3.05, 3.63) is 51.7 Å². The number of hydrogen-bond donors (Lipinski definition) is 3. The molecule has 3 aliphatic rings. The van der Waals surface area contributed by atoms with Crippen LogP contribution in [0, 0.1) is 23.7 Å². The lowest BCUT2D eigenvalue weighted by atomic mass is 9.90. The molecule has 11 nitrogen and oxygen atoms in total. The molecule has 4 N–H and O–H groups in total. The molecule has 0 bridgehead atoms. The number of ether oxygens (including phenoxy) is 1. The highest BCUT2D eigenvalue weighted by Gasteiger charge is 2.35. The fourth-order valence-electron chi connectivity index (χ4n) is 6.32. The number of benzene rings is 1. The number of aryl methyl sites for hydroxylation is 1. The molecule has 2 fully saturated rings. The summed E-state index contributed by atoms with van der Waals surface area (Å²) >= 11 is 6.79. The summed E-state index contributed by atoms with van der Waals surface area (Å²) in [5.41, 5.74) is 10.8. The minimum absolute atomic E-state index is 0.176. The molecule has 1 aromatic carbocycles. The van der Waals surface area contributed by atoms with Crippen molar-refractivity contribution in [1.82, 2.24) is 25.1 Å². The number of aromatic nitrogens is 2. The molecule has 222 valence electrons. The molecule has 2 saturated heterocycles. The van der Waals surface area contributed by atoms with Crippen LogP contribution in [0.3, 0.4) is 0 Å². The van der Waals surface area contributed by atoms with Crippen LogP contribution in [0.5, 0.6) is 6.01 Å². The third kappa shape index (κ3) is 5.79. The van der Waals surface area contributed by atoms with Crippen LogP contribution in [0.15, 0.2) is 18.7 Å². The highest BCUT2D eigenvalue weighted by molar-refractivity contribution is 6.32. The van der Waals surface area contributed by atoms with Crippen LogP contribution in [0.4, 0.5) is 11.5 Å². The van der Waals surface area contributed by atoms with Crippen molar-refractivity contribution >= 4 is 35.2 Å². The van der Waals surface area contributed by atoms with Crippen LogP contribution in [0.25, 0.3) is 0 Å². The highest BCUT2D eigenvalue weighted by atomic mass is 35.5. The smallest absolute Gasteiger partial charge is 0.318 e. The summed E-state index contributed by atoms with van der Waals surface area (Å²) in [6.45, 7) is 9.01. The molecule has 1 aromatic heterocycles. The van der Waals surface area contributed by atoms with Crippen molar-refractivity contribution in [3.63, 3.8) is 0 Å². The van der Waals surface area contributed by atoms with E-state index in [0.717, 1.165) is 47.6 Å².